The fourth-order valence-corrected chi connectivity index (χ4v) is 2.43. The number of anilines is 1. The molecule has 0 aliphatic carbocycles. The summed E-state index contributed by atoms with van der Waals surface area (Å²) >= 11 is 0. The van der Waals surface area contributed by atoms with E-state index in [1.165, 1.54) is 29.2 Å². The molecule has 1 N–H and O–H groups in total. The number of likely N-dealkylation sites (tertiary alicyclic amines) is 1. The Kier molecular flexibility index (Phi) is 3.81. The van der Waals surface area contributed by atoms with Crippen LogP contribution in [0, 0.1) is 5.82 Å². The van der Waals surface area contributed by atoms with E-state index in [9.17, 15) is 14.3 Å². The second kappa shape index (κ2) is 5.35. The predicted octanol–water partition coefficient (Wildman–Crippen LogP) is 2.40. The molecule has 0 bridgehead atoms. The standard InChI is InChI=1S/C13H17FN2O2/c1-15-8-2-3-12(9-15)16(13(17)18)11-6-4-10(14)5-7-11/h4-7,12H,2-3,8-9H2,1H3,(H,17,18)/t12-/m1/s1. The Hall–Kier alpha value is -1.62. The summed E-state index contributed by atoms with van der Waals surface area (Å²) in [5.41, 5.74) is 0.532. The van der Waals surface area contributed by atoms with E-state index in [4.69, 9.17) is 0 Å². The molecule has 4 nitrogen and oxygen atoms in total. The number of carbonyl (C=O) groups is 1. The van der Waals surface area contributed by atoms with Gasteiger partial charge in [0, 0.05) is 12.2 Å². The maximum absolute atomic E-state index is 12.9. The van der Waals surface area contributed by atoms with E-state index in [0.29, 0.717) is 12.2 Å². The number of likely N-dealkylation sites (N-methyl/N-ethyl adjacent to an activating group) is 1. The minimum atomic E-state index is -0.984. The third-order valence-corrected chi connectivity index (χ3v) is 3.28. The van der Waals surface area contributed by atoms with Gasteiger partial charge in [-0.2, -0.15) is 0 Å². The van der Waals surface area contributed by atoms with Gasteiger partial charge in [0.15, 0.2) is 0 Å². The molecule has 5 heteroatoms. The van der Waals surface area contributed by atoms with E-state index >= 15 is 0 Å². The predicted molar refractivity (Wildman–Crippen MR) is 67.4 cm³/mol. The van der Waals surface area contributed by atoms with Gasteiger partial charge in [-0.3, -0.25) is 4.90 Å². The van der Waals surface area contributed by atoms with Crippen LogP contribution in [0.5, 0.6) is 0 Å². The van der Waals surface area contributed by atoms with Crippen LogP contribution in [0.15, 0.2) is 24.3 Å². The summed E-state index contributed by atoms with van der Waals surface area (Å²) in [6.45, 7) is 1.71. The van der Waals surface area contributed by atoms with Crippen molar-refractivity contribution in [2.45, 2.75) is 18.9 Å². The molecule has 1 amide bonds. The molecule has 0 spiro atoms. The lowest BCUT2D eigenvalue weighted by atomic mass is 10.0. The topological polar surface area (TPSA) is 43.8 Å². The van der Waals surface area contributed by atoms with Crippen LogP contribution in [0.1, 0.15) is 12.8 Å². The average Bonchev–Trinajstić information content (AvgIpc) is 2.32. The molecule has 1 aromatic rings. The van der Waals surface area contributed by atoms with Gasteiger partial charge in [0.25, 0.3) is 0 Å². The van der Waals surface area contributed by atoms with Crippen LogP contribution >= 0.6 is 0 Å². The van der Waals surface area contributed by atoms with Gasteiger partial charge in [0.2, 0.25) is 0 Å². The Labute approximate surface area is 106 Å². The first-order valence-electron chi connectivity index (χ1n) is 6.04. The first kappa shape index (κ1) is 12.8. The second-order valence-corrected chi connectivity index (χ2v) is 4.69. The first-order valence-corrected chi connectivity index (χ1v) is 6.04. The number of amides is 1. The van der Waals surface area contributed by atoms with E-state index in [1.54, 1.807) is 0 Å². The molecule has 2 rings (SSSR count). The van der Waals surface area contributed by atoms with E-state index in [0.717, 1.165) is 19.4 Å². The van der Waals surface area contributed by atoms with Crippen LogP contribution in [-0.4, -0.2) is 42.3 Å². The Morgan fingerprint density at radius 2 is 2.11 bits per heavy atom. The largest absolute Gasteiger partial charge is 0.465 e. The number of halogens is 1. The number of nitrogens with zero attached hydrogens (tertiary/aromatic N) is 2. The maximum atomic E-state index is 12.9. The lowest BCUT2D eigenvalue weighted by molar-refractivity contribution is 0.188. The van der Waals surface area contributed by atoms with Crippen LogP contribution in [0.4, 0.5) is 14.9 Å². The van der Waals surface area contributed by atoms with Crippen LogP contribution in [0.25, 0.3) is 0 Å². The highest BCUT2D eigenvalue weighted by Crippen LogP contribution is 2.23. The highest BCUT2D eigenvalue weighted by atomic mass is 19.1. The smallest absolute Gasteiger partial charge is 0.412 e. The van der Waals surface area contributed by atoms with E-state index < -0.39 is 6.09 Å². The van der Waals surface area contributed by atoms with Crippen LogP contribution in [0.3, 0.4) is 0 Å². The van der Waals surface area contributed by atoms with E-state index in [1.807, 2.05) is 7.05 Å². The molecule has 1 fully saturated rings. The van der Waals surface area contributed by atoms with Gasteiger partial charge in [-0.25, -0.2) is 9.18 Å². The molecule has 1 saturated heterocycles. The minimum Gasteiger partial charge on any atom is -0.465 e. The molecule has 1 aliphatic heterocycles. The third kappa shape index (κ3) is 2.79. The van der Waals surface area contributed by atoms with Gasteiger partial charge in [0.05, 0.1) is 6.04 Å². The van der Waals surface area contributed by atoms with Crippen molar-refractivity contribution in [2.75, 3.05) is 25.0 Å². The second-order valence-electron chi connectivity index (χ2n) is 4.69. The molecular weight excluding hydrogens is 235 g/mol. The minimum absolute atomic E-state index is 0.0632. The van der Waals surface area contributed by atoms with Gasteiger partial charge in [-0.05, 0) is 50.7 Å². The van der Waals surface area contributed by atoms with Crippen molar-refractivity contribution in [2.24, 2.45) is 0 Å². The van der Waals surface area contributed by atoms with Crippen molar-refractivity contribution in [1.29, 1.82) is 0 Å². The van der Waals surface area contributed by atoms with Crippen molar-refractivity contribution in [3.8, 4) is 0 Å². The van der Waals surface area contributed by atoms with Crippen LogP contribution in [0.2, 0.25) is 0 Å². The zero-order valence-electron chi connectivity index (χ0n) is 10.3. The Balaban J connectivity index is 2.22. The van der Waals surface area contributed by atoms with Gasteiger partial charge in [0.1, 0.15) is 5.82 Å². The fourth-order valence-electron chi connectivity index (χ4n) is 2.43. The number of hydrogen-bond acceptors (Lipinski definition) is 2. The summed E-state index contributed by atoms with van der Waals surface area (Å²) in [7, 11) is 1.98. The molecule has 1 heterocycles. The first-order chi connectivity index (χ1) is 8.58. The average molecular weight is 252 g/mol. The molecule has 0 aromatic heterocycles. The zero-order chi connectivity index (χ0) is 13.1. The number of piperidine rings is 1. The van der Waals surface area contributed by atoms with Crippen molar-refractivity contribution in [1.82, 2.24) is 4.90 Å². The Bertz CT molecular complexity index is 422. The Morgan fingerprint density at radius 3 is 2.67 bits per heavy atom. The molecule has 98 valence electrons. The van der Waals surface area contributed by atoms with Gasteiger partial charge in [-0.1, -0.05) is 0 Å². The summed E-state index contributed by atoms with van der Waals surface area (Å²) in [6, 6.07) is 5.54. The fraction of sp³-hybridized carbons (Fsp3) is 0.462. The third-order valence-electron chi connectivity index (χ3n) is 3.28. The highest BCUT2D eigenvalue weighted by molar-refractivity contribution is 5.86. The van der Waals surface area contributed by atoms with Gasteiger partial charge in [-0.15, -0.1) is 0 Å². The number of hydrogen-bond donors (Lipinski definition) is 1. The van der Waals surface area contributed by atoms with Crippen LogP contribution < -0.4 is 4.90 Å². The number of carboxylic acid groups (broad SMARTS) is 1. The SMILES string of the molecule is CN1CCC[C@@H](N(C(=O)O)c2ccc(F)cc2)C1. The molecule has 0 radical (unpaired) electrons. The van der Waals surface area contributed by atoms with Crippen molar-refractivity contribution >= 4 is 11.8 Å². The quantitative estimate of drug-likeness (QED) is 0.879. The summed E-state index contributed by atoms with van der Waals surface area (Å²) in [4.78, 5) is 14.9. The lowest BCUT2D eigenvalue weighted by Gasteiger charge is -2.36. The highest BCUT2D eigenvalue weighted by Gasteiger charge is 2.28. The van der Waals surface area contributed by atoms with Crippen LogP contribution in [-0.2, 0) is 0 Å². The van der Waals surface area contributed by atoms with Crippen molar-refractivity contribution < 1.29 is 14.3 Å². The van der Waals surface area contributed by atoms with Gasteiger partial charge < -0.3 is 10.0 Å². The van der Waals surface area contributed by atoms with Crippen molar-refractivity contribution in [3.63, 3.8) is 0 Å². The van der Waals surface area contributed by atoms with E-state index in [-0.39, 0.29) is 11.9 Å². The summed E-state index contributed by atoms with van der Waals surface area (Å²) in [6.07, 6.45) is 0.835. The summed E-state index contributed by atoms with van der Waals surface area (Å²) in [5, 5.41) is 9.35. The molecule has 1 aromatic carbocycles. The molecule has 0 saturated carbocycles. The molecule has 18 heavy (non-hydrogen) atoms. The monoisotopic (exact) mass is 252 g/mol. The maximum Gasteiger partial charge on any atom is 0.412 e. The lowest BCUT2D eigenvalue weighted by Crippen LogP contribution is -2.49. The molecule has 0 unspecified atom stereocenters. The number of benzene rings is 1. The molecule has 1 aliphatic rings. The molecule has 1 atom stereocenters. The Morgan fingerprint density at radius 1 is 1.44 bits per heavy atom. The molecular formula is C13H17FN2O2. The normalized spacial score (nSPS) is 20.7. The summed E-state index contributed by atoms with van der Waals surface area (Å²) < 4.78 is 12.9. The van der Waals surface area contributed by atoms with Crippen molar-refractivity contribution in [3.05, 3.63) is 30.1 Å². The number of rotatable bonds is 2. The summed E-state index contributed by atoms with van der Waals surface area (Å²) in [5.74, 6) is -0.357. The van der Waals surface area contributed by atoms with E-state index in [2.05, 4.69) is 4.90 Å². The van der Waals surface area contributed by atoms with Gasteiger partial charge >= 0.3 is 6.09 Å². The zero-order valence-corrected chi connectivity index (χ0v) is 10.3.